The van der Waals surface area contributed by atoms with Crippen molar-refractivity contribution in [2.45, 2.75) is 43.7 Å². The highest BCUT2D eigenvalue weighted by atomic mass is 32.2. The average Bonchev–Trinajstić information content (AvgIpc) is 2.60. The molecule has 0 bridgehead atoms. The Labute approximate surface area is 168 Å². The van der Waals surface area contributed by atoms with Gasteiger partial charge in [0.05, 0.1) is 6.04 Å². The van der Waals surface area contributed by atoms with E-state index in [0.29, 0.717) is 11.3 Å². The molecule has 148 valence electrons. The van der Waals surface area contributed by atoms with E-state index in [4.69, 9.17) is 4.74 Å². The van der Waals surface area contributed by atoms with Crippen molar-refractivity contribution in [3.63, 3.8) is 0 Å². The molecule has 0 saturated heterocycles. The molecule has 3 rings (SSSR count). The van der Waals surface area contributed by atoms with E-state index in [1.807, 2.05) is 0 Å². The number of hydrogen-bond acceptors (Lipinski definition) is 4. The first-order chi connectivity index (χ1) is 13.2. The van der Waals surface area contributed by atoms with Gasteiger partial charge >= 0.3 is 6.09 Å². The summed E-state index contributed by atoms with van der Waals surface area (Å²) in [6.07, 6.45) is 0.140. The lowest BCUT2D eigenvalue weighted by Crippen LogP contribution is -2.31. The number of rotatable bonds is 3. The third-order valence-electron chi connectivity index (χ3n) is 4.09. The normalized spacial score (nSPS) is 16.1. The van der Waals surface area contributed by atoms with Crippen LogP contribution in [-0.4, -0.2) is 23.4 Å². The number of ether oxygens (including phenoxy) is 1. The van der Waals surface area contributed by atoms with Crippen LogP contribution in [0.25, 0.3) is 0 Å². The Kier molecular flexibility index (Phi) is 5.93. The highest BCUT2D eigenvalue weighted by Gasteiger charge is 2.23. The van der Waals surface area contributed by atoms with Gasteiger partial charge in [0.15, 0.2) is 0 Å². The molecule has 0 fully saturated rings. The standard InChI is InChI=1S/C21H23FN2O3S/c1-21(2,3)27-20(26)23-15-6-4-5-13(11-15)19(25)24-17-9-10-28-18-8-7-14(22)12-16(17)18/h4-8,11-12,17H,9-10H2,1-3H3,(H,23,26)(H,24,25). The first-order valence-corrected chi connectivity index (χ1v) is 10.0. The van der Waals surface area contributed by atoms with Crippen LogP contribution in [0.4, 0.5) is 14.9 Å². The van der Waals surface area contributed by atoms with Crippen molar-refractivity contribution in [3.8, 4) is 0 Å². The van der Waals surface area contributed by atoms with Gasteiger partial charge in [-0.25, -0.2) is 9.18 Å². The van der Waals surface area contributed by atoms with Gasteiger partial charge in [-0.1, -0.05) is 6.07 Å². The molecule has 7 heteroatoms. The second-order valence-electron chi connectivity index (χ2n) is 7.55. The largest absolute Gasteiger partial charge is 0.444 e. The Hall–Kier alpha value is -2.54. The van der Waals surface area contributed by atoms with Gasteiger partial charge in [-0.3, -0.25) is 10.1 Å². The van der Waals surface area contributed by atoms with Gasteiger partial charge in [-0.15, -0.1) is 11.8 Å². The second kappa shape index (κ2) is 8.22. The Balaban J connectivity index is 1.71. The fourth-order valence-electron chi connectivity index (χ4n) is 2.92. The molecule has 1 unspecified atom stereocenters. The molecule has 28 heavy (non-hydrogen) atoms. The van der Waals surface area contributed by atoms with Crippen molar-refractivity contribution < 1.29 is 18.7 Å². The molecule has 0 aromatic heterocycles. The molecule has 1 heterocycles. The molecule has 1 aliphatic rings. The number of halogens is 1. The van der Waals surface area contributed by atoms with E-state index in [1.165, 1.54) is 12.1 Å². The van der Waals surface area contributed by atoms with Crippen LogP contribution in [0.5, 0.6) is 0 Å². The molecule has 1 atom stereocenters. The summed E-state index contributed by atoms with van der Waals surface area (Å²) in [5.74, 6) is 0.257. The molecule has 2 aromatic carbocycles. The van der Waals surface area contributed by atoms with Crippen molar-refractivity contribution in [1.82, 2.24) is 5.32 Å². The van der Waals surface area contributed by atoms with Crippen molar-refractivity contribution in [1.29, 1.82) is 0 Å². The first kappa shape index (κ1) is 20.2. The molecule has 0 radical (unpaired) electrons. The molecular weight excluding hydrogens is 379 g/mol. The molecule has 1 aliphatic heterocycles. The van der Waals surface area contributed by atoms with Crippen LogP contribution in [-0.2, 0) is 4.74 Å². The number of nitrogens with one attached hydrogen (secondary N) is 2. The minimum atomic E-state index is -0.610. The van der Waals surface area contributed by atoms with E-state index in [0.717, 1.165) is 22.6 Å². The molecule has 2 aromatic rings. The number of fused-ring (bicyclic) bond motifs is 1. The number of benzene rings is 2. The predicted octanol–water partition coefficient (Wildman–Crippen LogP) is 5.14. The van der Waals surface area contributed by atoms with Crippen molar-refractivity contribution >= 4 is 29.4 Å². The molecule has 0 spiro atoms. The predicted molar refractivity (Wildman–Crippen MR) is 108 cm³/mol. The fourth-order valence-corrected chi connectivity index (χ4v) is 4.02. The third-order valence-corrected chi connectivity index (χ3v) is 5.21. The summed E-state index contributed by atoms with van der Waals surface area (Å²) in [5.41, 5.74) is 1.06. The van der Waals surface area contributed by atoms with Gasteiger partial charge in [0.1, 0.15) is 11.4 Å². The summed E-state index contributed by atoms with van der Waals surface area (Å²) < 4.78 is 18.9. The summed E-state index contributed by atoms with van der Waals surface area (Å²) in [5, 5.41) is 5.60. The van der Waals surface area contributed by atoms with Gasteiger partial charge in [0.2, 0.25) is 0 Å². The Bertz CT molecular complexity index is 895. The highest BCUT2D eigenvalue weighted by molar-refractivity contribution is 7.99. The van der Waals surface area contributed by atoms with E-state index in [9.17, 15) is 14.0 Å². The van der Waals surface area contributed by atoms with Gasteiger partial charge in [0.25, 0.3) is 5.91 Å². The zero-order valence-corrected chi connectivity index (χ0v) is 16.9. The lowest BCUT2D eigenvalue weighted by molar-refractivity contribution is 0.0635. The summed E-state index contributed by atoms with van der Waals surface area (Å²) in [6.45, 7) is 5.33. The Morgan fingerprint density at radius 2 is 1.96 bits per heavy atom. The van der Waals surface area contributed by atoms with E-state index >= 15 is 0 Å². The third kappa shape index (κ3) is 5.25. The molecule has 2 amide bonds. The summed E-state index contributed by atoms with van der Waals surface area (Å²) in [7, 11) is 0. The van der Waals surface area contributed by atoms with Gasteiger partial charge < -0.3 is 10.1 Å². The smallest absolute Gasteiger partial charge is 0.412 e. The van der Waals surface area contributed by atoms with E-state index in [1.54, 1.807) is 62.9 Å². The Morgan fingerprint density at radius 1 is 1.18 bits per heavy atom. The molecule has 5 nitrogen and oxygen atoms in total. The summed E-state index contributed by atoms with van der Waals surface area (Å²) in [6, 6.07) is 11.0. The molecule has 0 aliphatic carbocycles. The SMILES string of the molecule is CC(C)(C)OC(=O)Nc1cccc(C(=O)NC2CCSc3ccc(F)cc32)c1. The first-order valence-electron chi connectivity index (χ1n) is 9.04. The van der Waals surface area contributed by atoms with Crippen LogP contribution in [0.2, 0.25) is 0 Å². The highest BCUT2D eigenvalue weighted by Crippen LogP contribution is 2.36. The maximum Gasteiger partial charge on any atom is 0.412 e. The zero-order valence-electron chi connectivity index (χ0n) is 16.0. The van der Waals surface area contributed by atoms with Crippen LogP contribution in [0.15, 0.2) is 47.4 Å². The summed E-state index contributed by atoms with van der Waals surface area (Å²) in [4.78, 5) is 25.6. The van der Waals surface area contributed by atoms with Gasteiger partial charge in [-0.05, 0) is 69.2 Å². The second-order valence-corrected chi connectivity index (χ2v) is 8.69. The van der Waals surface area contributed by atoms with Crippen LogP contribution in [0.1, 0.15) is 49.2 Å². The fraction of sp³-hybridized carbons (Fsp3) is 0.333. The monoisotopic (exact) mass is 402 g/mol. The van der Waals surface area contributed by atoms with Crippen LogP contribution in [0.3, 0.4) is 0 Å². The van der Waals surface area contributed by atoms with E-state index < -0.39 is 11.7 Å². The number of carbonyl (C=O) groups is 2. The quantitative estimate of drug-likeness (QED) is 0.746. The number of amides is 2. The van der Waals surface area contributed by atoms with Crippen LogP contribution < -0.4 is 10.6 Å². The number of thioether (sulfide) groups is 1. The number of carbonyl (C=O) groups excluding carboxylic acids is 2. The van der Waals surface area contributed by atoms with E-state index in [-0.39, 0.29) is 17.8 Å². The lowest BCUT2D eigenvalue weighted by atomic mass is 10.0. The maximum absolute atomic E-state index is 13.6. The maximum atomic E-state index is 13.6. The van der Waals surface area contributed by atoms with Crippen molar-refractivity contribution in [3.05, 3.63) is 59.4 Å². The van der Waals surface area contributed by atoms with Crippen molar-refractivity contribution in [2.24, 2.45) is 0 Å². The van der Waals surface area contributed by atoms with Gasteiger partial charge in [-0.2, -0.15) is 0 Å². The van der Waals surface area contributed by atoms with Crippen LogP contribution in [0, 0.1) is 5.82 Å². The lowest BCUT2D eigenvalue weighted by Gasteiger charge is -2.26. The number of hydrogen-bond donors (Lipinski definition) is 2. The summed E-state index contributed by atoms with van der Waals surface area (Å²) >= 11 is 1.66. The van der Waals surface area contributed by atoms with Crippen LogP contribution >= 0.6 is 11.8 Å². The topological polar surface area (TPSA) is 67.4 Å². The van der Waals surface area contributed by atoms with Gasteiger partial charge in [0, 0.05) is 21.9 Å². The molecule has 0 saturated carbocycles. The minimum absolute atomic E-state index is 0.248. The Morgan fingerprint density at radius 3 is 2.71 bits per heavy atom. The zero-order chi connectivity index (χ0) is 20.3. The van der Waals surface area contributed by atoms with E-state index in [2.05, 4.69) is 10.6 Å². The van der Waals surface area contributed by atoms with Crippen molar-refractivity contribution in [2.75, 3.05) is 11.1 Å². The number of anilines is 1. The molecular formula is C21H23FN2O3S. The minimum Gasteiger partial charge on any atom is -0.444 e. The average molecular weight is 402 g/mol. The molecule has 2 N–H and O–H groups in total.